The molecule has 3 aromatic carbocycles. The van der Waals surface area contributed by atoms with Crippen LogP contribution in [0.15, 0.2) is 97.1 Å². The summed E-state index contributed by atoms with van der Waals surface area (Å²) in [5.41, 5.74) is 3.80. The van der Waals surface area contributed by atoms with Gasteiger partial charge in [0.1, 0.15) is 0 Å². The van der Waals surface area contributed by atoms with E-state index in [0.717, 1.165) is 5.69 Å². The van der Waals surface area contributed by atoms with E-state index in [4.69, 9.17) is 0 Å². The number of para-hydroxylation sites is 1. The second-order valence-corrected chi connectivity index (χ2v) is 9.48. The van der Waals surface area contributed by atoms with Crippen LogP contribution in [0, 0.1) is 3.57 Å². The molecular formula is C23H18INSe. The van der Waals surface area contributed by atoms with Crippen molar-refractivity contribution in [3.05, 3.63) is 111 Å². The van der Waals surface area contributed by atoms with E-state index in [1.54, 1.807) is 0 Å². The summed E-state index contributed by atoms with van der Waals surface area (Å²) in [6.45, 7) is 0. The molecule has 0 fully saturated rings. The third-order valence-corrected chi connectivity index (χ3v) is 8.54. The average molecular weight is 514 g/mol. The van der Waals surface area contributed by atoms with Crippen molar-refractivity contribution in [1.82, 2.24) is 0 Å². The van der Waals surface area contributed by atoms with Crippen LogP contribution in [0.1, 0.15) is 16.0 Å². The minimum absolute atomic E-state index is 0.199. The molecule has 1 N–H and O–H groups in total. The molecule has 1 unspecified atom stereocenters. The third-order valence-electron chi connectivity index (χ3n) is 4.24. The maximum atomic E-state index is 3.75. The van der Waals surface area contributed by atoms with Gasteiger partial charge < -0.3 is 0 Å². The molecule has 1 aromatic heterocycles. The van der Waals surface area contributed by atoms with Crippen molar-refractivity contribution in [3.8, 4) is 10.0 Å². The van der Waals surface area contributed by atoms with Gasteiger partial charge in [-0.2, -0.15) is 0 Å². The van der Waals surface area contributed by atoms with Gasteiger partial charge in [-0.05, 0) is 0 Å². The molecule has 0 saturated carbocycles. The molecule has 1 atom stereocenters. The van der Waals surface area contributed by atoms with Gasteiger partial charge in [-0.25, -0.2) is 0 Å². The summed E-state index contributed by atoms with van der Waals surface area (Å²) in [7, 11) is 0. The number of anilines is 1. The van der Waals surface area contributed by atoms with E-state index in [0.29, 0.717) is 14.5 Å². The zero-order valence-electron chi connectivity index (χ0n) is 14.1. The standard InChI is InChI=1S/C23H18INSe/c24-20-16-21(26-23(20)18-12-6-2-7-13-18)22(17-10-4-1-5-11-17)25-19-14-8-3-9-15-19/h1-16,22,25H. The van der Waals surface area contributed by atoms with Crippen molar-refractivity contribution in [2.45, 2.75) is 6.04 Å². The molecular weight excluding hydrogens is 496 g/mol. The molecule has 3 heteroatoms. The van der Waals surface area contributed by atoms with Gasteiger partial charge in [0.05, 0.1) is 0 Å². The number of hydrogen-bond acceptors (Lipinski definition) is 1. The van der Waals surface area contributed by atoms with Crippen molar-refractivity contribution in [3.63, 3.8) is 0 Å². The van der Waals surface area contributed by atoms with E-state index < -0.39 is 0 Å². The van der Waals surface area contributed by atoms with Gasteiger partial charge in [0, 0.05) is 0 Å². The van der Waals surface area contributed by atoms with Crippen LogP contribution in [-0.2, 0) is 0 Å². The fraction of sp³-hybridized carbons (Fsp3) is 0.0435. The molecule has 26 heavy (non-hydrogen) atoms. The molecule has 1 nitrogen and oxygen atoms in total. The van der Waals surface area contributed by atoms with Crippen LogP contribution in [0.2, 0.25) is 0 Å². The first-order valence-corrected chi connectivity index (χ1v) is 11.3. The Labute approximate surface area is 174 Å². The van der Waals surface area contributed by atoms with Crippen LogP contribution in [0.5, 0.6) is 0 Å². The Kier molecular flexibility index (Phi) is 5.59. The molecule has 128 valence electrons. The zero-order chi connectivity index (χ0) is 17.8. The molecule has 0 aliphatic rings. The second kappa shape index (κ2) is 8.26. The quantitative estimate of drug-likeness (QED) is 0.247. The van der Waals surface area contributed by atoms with Crippen molar-refractivity contribution in [1.29, 1.82) is 0 Å². The molecule has 0 aliphatic heterocycles. The minimum atomic E-state index is 0.199. The Morgan fingerprint density at radius 3 is 1.96 bits per heavy atom. The van der Waals surface area contributed by atoms with Crippen LogP contribution >= 0.6 is 22.6 Å². The number of rotatable bonds is 5. The SMILES string of the molecule is Ic1cc(C(Nc2ccccc2)c2ccccc2)[se]c1-c1ccccc1. The molecule has 0 bridgehead atoms. The monoisotopic (exact) mass is 515 g/mol. The van der Waals surface area contributed by atoms with E-state index in [1.165, 1.54) is 23.6 Å². The number of benzene rings is 3. The van der Waals surface area contributed by atoms with Crippen molar-refractivity contribution < 1.29 is 0 Å². The topological polar surface area (TPSA) is 12.0 Å². The maximum absolute atomic E-state index is 3.75. The van der Waals surface area contributed by atoms with Gasteiger partial charge >= 0.3 is 175 Å². The Morgan fingerprint density at radius 1 is 0.731 bits per heavy atom. The first-order chi connectivity index (χ1) is 12.8. The van der Waals surface area contributed by atoms with E-state index in [2.05, 4.69) is 125 Å². The van der Waals surface area contributed by atoms with Crippen LogP contribution < -0.4 is 5.32 Å². The molecule has 4 rings (SSSR count). The fourth-order valence-corrected chi connectivity index (χ4v) is 7.06. The molecule has 1 heterocycles. The van der Waals surface area contributed by atoms with Gasteiger partial charge in [0.15, 0.2) is 0 Å². The number of halogens is 1. The van der Waals surface area contributed by atoms with E-state index >= 15 is 0 Å². The molecule has 0 radical (unpaired) electrons. The van der Waals surface area contributed by atoms with Crippen molar-refractivity contribution in [2.75, 3.05) is 5.32 Å². The number of nitrogens with one attached hydrogen (secondary N) is 1. The average Bonchev–Trinajstić information content (AvgIpc) is 3.09. The van der Waals surface area contributed by atoms with Gasteiger partial charge in [-0.3, -0.25) is 0 Å². The predicted octanol–water partition coefficient (Wildman–Crippen LogP) is 6.22. The second-order valence-electron chi connectivity index (χ2n) is 6.05. The van der Waals surface area contributed by atoms with Gasteiger partial charge in [-0.1, -0.05) is 0 Å². The van der Waals surface area contributed by atoms with Crippen LogP contribution in [-0.4, -0.2) is 14.5 Å². The van der Waals surface area contributed by atoms with Crippen molar-refractivity contribution >= 4 is 42.8 Å². The fourth-order valence-electron chi connectivity index (χ4n) is 2.98. The summed E-state index contributed by atoms with van der Waals surface area (Å²) in [5.74, 6) is 0. The summed E-state index contributed by atoms with van der Waals surface area (Å²) < 4.78 is 4.31. The molecule has 0 spiro atoms. The van der Waals surface area contributed by atoms with Crippen LogP contribution in [0.25, 0.3) is 10.0 Å². The Morgan fingerprint density at radius 2 is 1.31 bits per heavy atom. The molecule has 4 aromatic rings. The van der Waals surface area contributed by atoms with Gasteiger partial charge in [0.25, 0.3) is 0 Å². The summed E-state index contributed by atoms with van der Waals surface area (Å²) in [6, 6.07) is 34.6. The summed E-state index contributed by atoms with van der Waals surface area (Å²) in [5, 5.41) is 3.75. The van der Waals surface area contributed by atoms with E-state index in [-0.39, 0.29) is 6.04 Å². The first kappa shape index (κ1) is 17.6. The van der Waals surface area contributed by atoms with Gasteiger partial charge in [0.2, 0.25) is 0 Å². The van der Waals surface area contributed by atoms with Gasteiger partial charge in [-0.15, -0.1) is 0 Å². The zero-order valence-corrected chi connectivity index (χ0v) is 18.0. The van der Waals surface area contributed by atoms with E-state index in [1.807, 2.05) is 0 Å². The first-order valence-electron chi connectivity index (χ1n) is 8.52. The van der Waals surface area contributed by atoms with E-state index in [9.17, 15) is 0 Å². The van der Waals surface area contributed by atoms with Crippen molar-refractivity contribution in [2.24, 2.45) is 0 Å². The normalized spacial score (nSPS) is 11.9. The predicted molar refractivity (Wildman–Crippen MR) is 120 cm³/mol. The molecule has 0 amide bonds. The number of hydrogen-bond donors (Lipinski definition) is 1. The Bertz CT molecular complexity index is 965. The summed E-state index contributed by atoms with van der Waals surface area (Å²) in [4.78, 5) is 0. The molecule has 0 aliphatic carbocycles. The summed E-state index contributed by atoms with van der Waals surface area (Å²) in [6.07, 6.45) is 0. The van der Waals surface area contributed by atoms with Crippen LogP contribution in [0.3, 0.4) is 0 Å². The molecule has 0 saturated heterocycles. The Balaban J connectivity index is 1.75. The van der Waals surface area contributed by atoms with Crippen LogP contribution in [0.4, 0.5) is 5.69 Å². The third kappa shape index (κ3) is 3.96. The summed E-state index contributed by atoms with van der Waals surface area (Å²) >= 11 is 2.79. The Hall–Kier alpha value is -1.81.